The minimum Gasteiger partial charge on any atom is -0.192 e. The van der Waals surface area contributed by atoms with Crippen molar-refractivity contribution < 1.29 is 0 Å². The first-order valence-electron chi connectivity index (χ1n) is 7.01. The number of hydrogen-bond acceptors (Lipinski definition) is 1. The summed E-state index contributed by atoms with van der Waals surface area (Å²) in [5.74, 6) is 0. The fourth-order valence-electron chi connectivity index (χ4n) is 2.07. The second kappa shape index (κ2) is 8.55. The summed E-state index contributed by atoms with van der Waals surface area (Å²) in [6.07, 6.45) is 13.8. The van der Waals surface area contributed by atoms with E-state index in [9.17, 15) is 5.26 Å². The van der Waals surface area contributed by atoms with Gasteiger partial charge in [-0.3, -0.25) is 0 Å². The van der Waals surface area contributed by atoms with E-state index in [-0.39, 0.29) is 0 Å². The van der Waals surface area contributed by atoms with E-state index >= 15 is 0 Å². The summed E-state index contributed by atoms with van der Waals surface area (Å²) in [6.45, 7) is 9.82. The monoisotopic (exact) mass is 275 g/mol. The second-order valence-electron chi connectivity index (χ2n) is 4.47. The van der Waals surface area contributed by atoms with Gasteiger partial charge in [0.25, 0.3) is 0 Å². The Labute approximate surface area is 127 Å². The average Bonchev–Trinajstić information content (AvgIpc) is 2.53. The Kier molecular flexibility index (Phi) is 6.71. The van der Waals surface area contributed by atoms with Crippen molar-refractivity contribution in [2.75, 3.05) is 0 Å². The van der Waals surface area contributed by atoms with E-state index < -0.39 is 0 Å². The number of nitriles is 1. The molecule has 0 aromatic heterocycles. The van der Waals surface area contributed by atoms with Crippen LogP contribution in [0.2, 0.25) is 0 Å². The average molecular weight is 275 g/mol. The molecule has 1 nitrogen and oxygen atoms in total. The predicted molar refractivity (Wildman–Crippen MR) is 92.6 cm³/mol. The molecule has 0 unspecified atom stereocenters. The number of nitrogens with zero attached hydrogens (tertiary/aromatic N) is 1. The Morgan fingerprint density at radius 2 is 1.90 bits per heavy atom. The minimum atomic E-state index is 0.658. The van der Waals surface area contributed by atoms with Crippen molar-refractivity contribution >= 4 is 11.1 Å². The summed E-state index contributed by atoms with van der Waals surface area (Å²) in [5.41, 5.74) is 4.75. The van der Waals surface area contributed by atoms with Crippen LogP contribution in [0.1, 0.15) is 37.5 Å². The van der Waals surface area contributed by atoms with Gasteiger partial charge >= 0.3 is 0 Å². The maximum absolute atomic E-state index is 9.32. The number of rotatable bonds is 5. The lowest BCUT2D eigenvalue weighted by molar-refractivity contribution is 1.45. The summed E-state index contributed by atoms with van der Waals surface area (Å²) in [7, 11) is 0. The third-order valence-corrected chi connectivity index (χ3v) is 3.13. The van der Waals surface area contributed by atoms with Crippen molar-refractivity contribution in [2.45, 2.75) is 20.8 Å². The van der Waals surface area contributed by atoms with Crippen molar-refractivity contribution in [1.82, 2.24) is 0 Å². The quantitative estimate of drug-likeness (QED) is 0.634. The molecule has 1 rings (SSSR count). The largest absolute Gasteiger partial charge is 0.192 e. The zero-order valence-corrected chi connectivity index (χ0v) is 12.9. The van der Waals surface area contributed by atoms with Crippen LogP contribution >= 0.6 is 0 Å². The number of hydrogen-bond donors (Lipinski definition) is 0. The molecule has 106 valence electrons. The van der Waals surface area contributed by atoms with Gasteiger partial charge in [0, 0.05) is 5.56 Å². The maximum atomic E-state index is 9.32. The van der Waals surface area contributed by atoms with Crippen molar-refractivity contribution in [2.24, 2.45) is 0 Å². The van der Waals surface area contributed by atoms with E-state index in [0.717, 1.165) is 22.3 Å². The summed E-state index contributed by atoms with van der Waals surface area (Å²) >= 11 is 0. The minimum absolute atomic E-state index is 0.658. The smallest absolute Gasteiger partial charge is 0.0998 e. The molecule has 0 bridgehead atoms. The highest BCUT2D eigenvalue weighted by atomic mass is 14.2. The van der Waals surface area contributed by atoms with Gasteiger partial charge in [0.15, 0.2) is 0 Å². The highest BCUT2D eigenvalue weighted by molar-refractivity contribution is 5.82. The predicted octanol–water partition coefficient (Wildman–Crippen LogP) is 5.68. The molecule has 0 aliphatic rings. The highest BCUT2D eigenvalue weighted by Gasteiger charge is 2.07. The van der Waals surface area contributed by atoms with Gasteiger partial charge < -0.3 is 0 Å². The van der Waals surface area contributed by atoms with Gasteiger partial charge in [-0.05, 0) is 49.6 Å². The van der Waals surface area contributed by atoms with Gasteiger partial charge in [-0.1, -0.05) is 55.2 Å². The standard InChI is InChI=1S/C20H21N/c1-5-9-11-17(8-4)20-14-18(12-13-19(20)15-21)16(7-3)10-6-2/h5-14H,4H2,1-3H3/b9-5-,10-6-,16-7+,17-11+. The molecular formula is C20H21N. The van der Waals surface area contributed by atoms with Crippen LogP contribution in [0.15, 0.2) is 67.3 Å². The lowest BCUT2D eigenvalue weighted by Gasteiger charge is -2.09. The first-order valence-corrected chi connectivity index (χ1v) is 7.01. The fourth-order valence-corrected chi connectivity index (χ4v) is 2.07. The molecule has 0 heterocycles. The van der Waals surface area contributed by atoms with Crippen molar-refractivity contribution in [3.05, 3.63) is 84.0 Å². The Hall–Kier alpha value is -2.59. The Morgan fingerprint density at radius 3 is 2.43 bits per heavy atom. The second-order valence-corrected chi connectivity index (χ2v) is 4.47. The van der Waals surface area contributed by atoms with E-state index in [1.54, 1.807) is 6.08 Å². The van der Waals surface area contributed by atoms with E-state index in [0.29, 0.717) is 5.56 Å². The Morgan fingerprint density at radius 1 is 1.14 bits per heavy atom. The van der Waals surface area contributed by atoms with Crippen molar-refractivity contribution in [1.29, 1.82) is 5.26 Å². The van der Waals surface area contributed by atoms with Crippen LogP contribution in [0.25, 0.3) is 11.1 Å². The van der Waals surface area contributed by atoms with Gasteiger partial charge in [0.05, 0.1) is 11.6 Å². The van der Waals surface area contributed by atoms with E-state index in [4.69, 9.17) is 0 Å². The van der Waals surface area contributed by atoms with Crippen molar-refractivity contribution in [3.8, 4) is 6.07 Å². The van der Waals surface area contributed by atoms with Gasteiger partial charge in [-0.15, -0.1) is 0 Å². The van der Waals surface area contributed by atoms with Crippen LogP contribution in [0.3, 0.4) is 0 Å². The molecule has 0 spiro atoms. The molecule has 0 atom stereocenters. The highest BCUT2D eigenvalue weighted by Crippen LogP contribution is 2.25. The molecule has 0 saturated heterocycles. The van der Waals surface area contributed by atoms with Crippen molar-refractivity contribution in [3.63, 3.8) is 0 Å². The lowest BCUT2D eigenvalue weighted by atomic mass is 9.94. The summed E-state index contributed by atoms with van der Waals surface area (Å²) in [5, 5.41) is 9.32. The summed E-state index contributed by atoms with van der Waals surface area (Å²) in [6, 6.07) is 8.14. The zero-order valence-electron chi connectivity index (χ0n) is 12.9. The number of benzene rings is 1. The topological polar surface area (TPSA) is 23.8 Å². The third kappa shape index (κ3) is 4.19. The van der Waals surface area contributed by atoms with Gasteiger partial charge in [-0.25, -0.2) is 0 Å². The van der Waals surface area contributed by atoms with Crippen LogP contribution in [0.5, 0.6) is 0 Å². The first-order chi connectivity index (χ1) is 10.2. The summed E-state index contributed by atoms with van der Waals surface area (Å²) in [4.78, 5) is 0. The molecule has 1 aromatic rings. The normalized spacial score (nSPS) is 12.9. The Balaban J connectivity index is 3.49. The molecule has 0 saturated carbocycles. The van der Waals surface area contributed by atoms with Crippen LogP contribution in [0.4, 0.5) is 0 Å². The molecular weight excluding hydrogens is 254 g/mol. The molecule has 0 amide bonds. The van der Waals surface area contributed by atoms with Crippen LogP contribution in [-0.2, 0) is 0 Å². The fraction of sp³-hybridized carbons (Fsp3) is 0.150. The Bertz CT molecular complexity index is 662. The molecule has 21 heavy (non-hydrogen) atoms. The first kappa shape index (κ1) is 16.5. The molecule has 0 fully saturated rings. The van der Waals surface area contributed by atoms with Gasteiger partial charge in [-0.2, -0.15) is 5.26 Å². The van der Waals surface area contributed by atoms with Crippen LogP contribution in [0, 0.1) is 11.3 Å². The van der Waals surface area contributed by atoms with E-state index in [1.807, 2.05) is 63.3 Å². The molecule has 0 radical (unpaired) electrons. The number of allylic oxidation sites excluding steroid dienone is 9. The summed E-state index contributed by atoms with van der Waals surface area (Å²) < 4.78 is 0. The SMILES string of the molecule is C=C/C(=C\C=C/C)c1cc(C(/C=C\C)=C/C)ccc1C#N. The molecule has 0 aliphatic heterocycles. The molecule has 1 heteroatoms. The molecule has 1 aromatic carbocycles. The molecule has 0 N–H and O–H groups in total. The van der Waals surface area contributed by atoms with Crippen LogP contribution < -0.4 is 0 Å². The molecule has 0 aliphatic carbocycles. The van der Waals surface area contributed by atoms with E-state index in [1.165, 1.54) is 0 Å². The van der Waals surface area contributed by atoms with E-state index in [2.05, 4.69) is 24.8 Å². The maximum Gasteiger partial charge on any atom is 0.0998 e. The van der Waals surface area contributed by atoms with Gasteiger partial charge in [0.1, 0.15) is 0 Å². The zero-order chi connectivity index (χ0) is 15.7. The third-order valence-electron chi connectivity index (χ3n) is 3.13. The lowest BCUT2D eigenvalue weighted by Crippen LogP contribution is -1.91. The van der Waals surface area contributed by atoms with Crippen LogP contribution in [-0.4, -0.2) is 0 Å². The van der Waals surface area contributed by atoms with Gasteiger partial charge in [0.2, 0.25) is 0 Å².